The summed E-state index contributed by atoms with van der Waals surface area (Å²) in [6.07, 6.45) is 5.94. The zero-order valence-electron chi connectivity index (χ0n) is 10.0. The van der Waals surface area contributed by atoms with Crippen LogP contribution in [0.15, 0.2) is 18.3 Å². The van der Waals surface area contributed by atoms with Crippen LogP contribution < -0.4 is 0 Å². The van der Waals surface area contributed by atoms with E-state index in [4.69, 9.17) is 4.74 Å². The summed E-state index contributed by atoms with van der Waals surface area (Å²) in [6, 6.07) is 3.69. The third kappa shape index (κ3) is 4.01. The predicted molar refractivity (Wildman–Crippen MR) is 63.4 cm³/mol. The highest BCUT2D eigenvalue weighted by molar-refractivity contribution is 5.87. The molecule has 0 spiro atoms. The Labute approximate surface area is 96.8 Å². The van der Waals surface area contributed by atoms with Crippen molar-refractivity contribution < 1.29 is 9.53 Å². The van der Waals surface area contributed by atoms with Gasteiger partial charge < -0.3 is 4.74 Å². The highest BCUT2D eigenvalue weighted by Crippen LogP contribution is 2.06. The molecule has 1 aromatic heterocycles. The number of hydrogen-bond acceptors (Lipinski definition) is 3. The molecule has 0 aliphatic rings. The third-order valence-electron chi connectivity index (χ3n) is 2.29. The largest absolute Gasteiger partial charge is 0.461 e. The predicted octanol–water partition coefficient (Wildman–Crippen LogP) is 2.99. The lowest BCUT2D eigenvalue weighted by molar-refractivity contribution is 0.0498. The minimum absolute atomic E-state index is 0.330. The Bertz CT molecular complexity index is 319. The van der Waals surface area contributed by atoms with Crippen LogP contribution in [0.2, 0.25) is 0 Å². The maximum absolute atomic E-state index is 11.4. The Kier molecular flexibility index (Phi) is 5.54. The first kappa shape index (κ1) is 12.7. The summed E-state index contributed by atoms with van der Waals surface area (Å²) in [5, 5.41) is 0. The smallest absolute Gasteiger partial charge is 0.356 e. The molecule has 3 heteroatoms. The molecular formula is C13H19NO2. The third-order valence-corrected chi connectivity index (χ3v) is 2.29. The fourth-order valence-electron chi connectivity index (χ4n) is 1.34. The van der Waals surface area contributed by atoms with Gasteiger partial charge in [-0.1, -0.05) is 26.3 Å². The Hall–Kier alpha value is -1.38. The van der Waals surface area contributed by atoms with Gasteiger partial charge in [0.1, 0.15) is 5.69 Å². The van der Waals surface area contributed by atoms with Crippen LogP contribution >= 0.6 is 0 Å². The van der Waals surface area contributed by atoms with E-state index in [-0.39, 0.29) is 5.97 Å². The number of pyridine rings is 1. The molecule has 0 atom stereocenters. The Balaban J connectivity index is 2.53. The Morgan fingerprint density at radius 1 is 1.31 bits per heavy atom. The van der Waals surface area contributed by atoms with Crippen molar-refractivity contribution >= 4 is 5.97 Å². The van der Waals surface area contributed by atoms with Gasteiger partial charge in [0.15, 0.2) is 0 Å². The highest BCUT2D eigenvalue weighted by Gasteiger charge is 2.07. The number of aryl methyl sites for hydroxylation is 1. The maximum atomic E-state index is 11.4. The first-order valence-electron chi connectivity index (χ1n) is 5.90. The van der Waals surface area contributed by atoms with Gasteiger partial charge in [-0.05, 0) is 30.9 Å². The van der Waals surface area contributed by atoms with E-state index in [1.165, 1.54) is 12.0 Å². The average Bonchev–Trinajstić information content (AvgIpc) is 2.34. The van der Waals surface area contributed by atoms with Crippen molar-refractivity contribution in [2.75, 3.05) is 6.61 Å². The van der Waals surface area contributed by atoms with Gasteiger partial charge in [-0.25, -0.2) is 9.78 Å². The van der Waals surface area contributed by atoms with Crippen molar-refractivity contribution in [1.82, 2.24) is 4.98 Å². The molecule has 88 valence electrons. The van der Waals surface area contributed by atoms with E-state index in [1.54, 1.807) is 12.3 Å². The Morgan fingerprint density at radius 2 is 2.12 bits per heavy atom. The number of carbonyl (C=O) groups is 1. The lowest BCUT2D eigenvalue weighted by atomic mass is 10.1. The summed E-state index contributed by atoms with van der Waals surface area (Å²) in [5.74, 6) is -0.330. The molecule has 0 aromatic carbocycles. The minimum atomic E-state index is -0.330. The van der Waals surface area contributed by atoms with Crippen LogP contribution in [-0.2, 0) is 11.2 Å². The second-order valence-electron chi connectivity index (χ2n) is 3.79. The van der Waals surface area contributed by atoms with Crippen LogP contribution in [0.3, 0.4) is 0 Å². The van der Waals surface area contributed by atoms with Gasteiger partial charge in [-0.2, -0.15) is 0 Å². The number of hydrogen-bond donors (Lipinski definition) is 0. The first-order valence-corrected chi connectivity index (χ1v) is 5.90. The summed E-state index contributed by atoms with van der Waals surface area (Å²) in [6.45, 7) is 4.58. The number of nitrogens with zero attached hydrogens (tertiary/aromatic N) is 1. The molecule has 1 heterocycles. The molecule has 16 heavy (non-hydrogen) atoms. The van der Waals surface area contributed by atoms with E-state index < -0.39 is 0 Å². The van der Waals surface area contributed by atoms with Crippen LogP contribution in [0.1, 0.15) is 49.2 Å². The van der Waals surface area contributed by atoms with Gasteiger partial charge in [0.05, 0.1) is 6.61 Å². The van der Waals surface area contributed by atoms with Crippen molar-refractivity contribution in [1.29, 1.82) is 0 Å². The second kappa shape index (κ2) is 6.99. The fraction of sp³-hybridized carbons (Fsp3) is 0.538. The monoisotopic (exact) mass is 221 g/mol. The molecule has 0 saturated heterocycles. The van der Waals surface area contributed by atoms with Crippen molar-refractivity contribution in [3.63, 3.8) is 0 Å². The van der Waals surface area contributed by atoms with Crippen LogP contribution in [0, 0.1) is 0 Å². The van der Waals surface area contributed by atoms with Crippen molar-refractivity contribution in [2.45, 2.75) is 39.5 Å². The van der Waals surface area contributed by atoms with Gasteiger partial charge in [0, 0.05) is 6.20 Å². The van der Waals surface area contributed by atoms with Gasteiger partial charge in [0.25, 0.3) is 0 Å². The van der Waals surface area contributed by atoms with Gasteiger partial charge in [0.2, 0.25) is 0 Å². The van der Waals surface area contributed by atoms with E-state index in [9.17, 15) is 4.79 Å². The van der Waals surface area contributed by atoms with Crippen molar-refractivity contribution in [3.8, 4) is 0 Å². The lowest BCUT2D eigenvalue weighted by Gasteiger charge is -2.03. The zero-order chi connectivity index (χ0) is 11.8. The molecule has 0 amide bonds. The molecular weight excluding hydrogens is 202 g/mol. The molecule has 1 aromatic rings. The molecule has 0 fully saturated rings. The SMILES string of the molecule is CCCCc1ccc(C(=O)OCCC)nc1. The Morgan fingerprint density at radius 3 is 2.69 bits per heavy atom. The van der Waals surface area contributed by atoms with E-state index in [0.717, 1.165) is 19.3 Å². The van der Waals surface area contributed by atoms with E-state index >= 15 is 0 Å². The molecule has 3 nitrogen and oxygen atoms in total. The molecule has 0 saturated carbocycles. The summed E-state index contributed by atoms with van der Waals surface area (Å²) >= 11 is 0. The minimum Gasteiger partial charge on any atom is -0.461 e. The van der Waals surface area contributed by atoms with Crippen molar-refractivity contribution in [2.24, 2.45) is 0 Å². The number of esters is 1. The summed E-state index contributed by atoms with van der Waals surface area (Å²) in [4.78, 5) is 15.6. The van der Waals surface area contributed by atoms with Crippen LogP contribution in [0.4, 0.5) is 0 Å². The fourth-order valence-corrected chi connectivity index (χ4v) is 1.34. The summed E-state index contributed by atoms with van der Waals surface area (Å²) in [7, 11) is 0. The van der Waals surface area contributed by atoms with Crippen LogP contribution in [0.5, 0.6) is 0 Å². The van der Waals surface area contributed by atoms with E-state index in [0.29, 0.717) is 12.3 Å². The molecule has 0 bridgehead atoms. The summed E-state index contributed by atoms with van der Waals surface area (Å²) in [5.41, 5.74) is 1.57. The van der Waals surface area contributed by atoms with E-state index in [2.05, 4.69) is 11.9 Å². The number of rotatable bonds is 6. The van der Waals surface area contributed by atoms with Crippen LogP contribution in [-0.4, -0.2) is 17.6 Å². The van der Waals surface area contributed by atoms with Gasteiger partial charge in [-0.3, -0.25) is 0 Å². The topological polar surface area (TPSA) is 39.2 Å². The average molecular weight is 221 g/mol. The van der Waals surface area contributed by atoms with Gasteiger partial charge >= 0.3 is 5.97 Å². The first-order chi connectivity index (χ1) is 7.77. The molecule has 0 radical (unpaired) electrons. The second-order valence-corrected chi connectivity index (χ2v) is 3.79. The quantitative estimate of drug-likeness (QED) is 0.693. The normalized spacial score (nSPS) is 10.1. The molecule has 0 N–H and O–H groups in total. The van der Waals surface area contributed by atoms with Gasteiger partial charge in [-0.15, -0.1) is 0 Å². The molecule has 0 aliphatic heterocycles. The highest BCUT2D eigenvalue weighted by atomic mass is 16.5. The van der Waals surface area contributed by atoms with E-state index in [1.807, 2.05) is 13.0 Å². The summed E-state index contributed by atoms with van der Waals surface area (Å²) < 4.78 is 5.00. The molecule has 0 unspecified atom stereocenters. The number of carbonyl (C=O) groups excluding carboxylic acids is 1. The molecule has 0 aliphatic carbocycles. The zero-order valence-corrected chi connectivity index (χ0v) is 10.0. The standard InChI is InChI=1S/C13H19NO2/c1-3-5-6-11-7-8-12(14-10-11)13(15)16-9-4-2/h7-8,10H,3-6,9H2,1-2H3. The number of unbranched alkanes of at least 4 members (excludes halogenated alkanes) is 1. The number of ether oxygens (including phenoxy) is 1. The van der Waals surface area contributed by atoms with Crippen LogP contribution in [0.25, 0.3) is 0 Å². The number of aromatic nitrogens is 1. The van der Waals surface area contributed by atoms with Crippen molar-refractivity contribution in [3.05, 3.63) is 29.6 Å². The molecule has 1 rings (SSSR count). The maximum Gasteiger partial charge on any atom is 0.356 e. The lowest BCUT2D eigenvalue weighted by Crippen LogP contribution is -2.08.